The molecule has 9 nitrogen and oxygen atoms in total. The lowest BCUT2D eigenvalue weighted by molar-refractivity contribution is -0.143. The summed E-state index contributed by atoms with van der Waals surface area (Å²) in [6, 6.07) is 8.21. The fourth-order valence-corrected chi connectivity index (χ4v) is 4.77. The lowest BCUT2D eigenvalue weighted by Crippen LogP contribution is -2.37. The molecule has 1 aliphatic heterocycles. The van der Waals surface area contributed by atoms with E-state index in [9.17, 15) is 22.8 Å². The van der Waals surface area contributed by atoms with Crippen molar-refractivity contribution in [2.45, 2.75) is 78.6 Å². The Labute approximate surface area is 263 Å². The molecule has 1 fully saturated rings. The molecule has 1 aromatic carbocycles. The Morgan fingerprint density at radius 2 is 1.91 bits per heavy atom. The smallest absolute Gasteiger partial charge is 0.408 e. The second kappa shape index (κ2) is 15.8. The summed E-state index contributed by atoms with van der Waals surface area (Å²) < 4.78 is 49.4. The molecule has 1 unspecified atom stereocenters. The molecule has 3 rings (SSSR count). The predicted molar refractivity (Wildman–Crippen MR) is 169 cm³/mol. The van der Waals surface area contributed by atoms with Gasteiger partial charge in [-0.1, -0.05) is 18.9 Å². The maximum Gasteiger partial charge on any atom is 0.408 e. The first-order valence-corrected chi connectivity index (χ1v) is 15.2. The Hall–Kier alpha value is -3.98. The fraction of sp³-hybridized carbons (Fsp3) is 0.545. The van der Waals surface area contributed by atoms with Gasteiger partial charge in [0, 0.05) is 38.3 Å². The molecule has 45 heavy (non-hydrogen) atoms. The maximum atomic E-state index is 12.9. The van der Waals surface area contributed by atoms with Gasteiger partial charge in [-0.3, -0.25) is 0 Å². The van der Waals surface area contributed by atoms with Crippen molar-refractivity contribution >= 4 is 23.6 Å². The molecule has 2 heterocycles. The lowest BCUT2D eigenvalue weighted by atomic mass is 9.99. The van der Waals surface area contributed by atoms with Gasteiger partial charge in [-0.15, -0.1) is 0 Å². The van der Waals surface area contributed by atoms with E-state index >= 15 is 0 Å². The van der Waals surface area contributed by atoms with Gasteiger partial charge >= 0.3 is 18.3 Å². The van der Waals surface area contributed by atoms with Crippen LogP contribution in [0.15, 0.2) is 30.3 Å². The number of carbonyl (C=O) groups is 2. The summed E-state index contributed by atoms with van der Waals surface area (Å²) in [6.45, 7) is 13.1. The molecule has 1 aliphatic rings. The number of ether oxygens (including phenoxy) is 2. The van der Waals surface area contributed by atoms with Crippen LogP contribution in [0, 0.1) is 24.7 Å². The van der Waals surface area contributed by atoms with E-state index < -0.39 is 42.3 Å². The van der Waals surface area contributed by atoms with Crippen molar-refractivity contribution in [3.05, 3.63) is 41.6 Å². The number of amides is 3. The Bertz CT molecular complexity index is 1380. The summed E-state index contributed by atoms with van der Waals surface area (Å²) in [4.78, 5) is 31.1. The zero-order valence-corrected chi connectivity index (χ0v) is 26.9. The number of pyridine rings is 1. The number of carbonyl (C=O) groups excluding carboxylic acids is 2. The lowest BCUT2D eigenvalue weighted by Gasteiger charge is -2.20. The van der Waals surface area contributed by atoms with Gasteiger partial charge in [-0.2, -0.15) is 13.2 Å². The molecule has 2 atom stereocenters. The summed E-state index contributed by atoms with van der Waals surface area (Å²) in [6.07, 6.45) is -4.48. The van der Waals surface area contributed by atoms with E-state index in [0.29, 0.717) is 43.4 Å². The summed E-state index contributed by atoms with van der Waals surface area (Å²) >= 11 is 0. The van der Waals surface area contributed by atoms with Crippen LogP contribution < -0.4 is 16.0 Å². The van der Waals surface area contributed by atoms with Crippen LogP contribution in [0.5, 0.6) is 0 Å². The van der Waals surface area contributed by atoms with Crippen LogP contribution in [-0.2, 0) is 9.47 Å². The van der Waals surface area contributed by atoms with Crippen LogP contribution in [0.25, 0.3) is 11.1 Å². The summed E-state index contributed by atoms with van der Waals surface area (Å²) in [5.41, 5.74) is 2.89. The van der Waals surface area contributed by atoms with Crippen LogP contribution in [0.3, 0.4) is 0 Å². The minimum absolute atomic E-state index is 0.0641. The number of alkyl halides is 3. The van der Waals surface area contributed by atoms with Crippen molar-refractivity contribution in [3.8, 4) is 23.0 Å². The zero-order chi connectivity index (χ0) is 33.2. The van der Waals surface area contributed by atoms with E-state index in [4.69, 9.17) is 9.47 Å². The van der Waals surface area contributed by atoms with Crippen LogP contribution in [0.2, 0.25) is 0 Å². The topological polar surface area (TPSA) is 105 Å². The molecule has 0 radical (unpaired) electrons. The third kappa shape index (κ3) is 12.5. The number of aryl methyl sites for hydroxylation is 1. The van der Waals surface area contributed by atoms with Gasteiger partial charge in [0.1, 0.15) is 17.1 Å². The minimum Gasteiger partial charge on any atom is -0.444 e. The Morgan fingerprint density at radius 3 is 2.60 bits per heavy atom. The number of nitrogens with zero attached hydrogens (tertiary/aromatic N) is 2. The number of rotatable bonds is 10. The monoisotopic (exact) mass is 631 g/mol. The molecule has 2 aromatic rings. The second-order valence-electron chi connectivity index (χ2n) is 12.2. The quantitative estimate of drug-likeness (QED) is 0.193. The number of benzene rings is 1. The van der Waals surface area contributed by atoms with E-state index in [-0.39, 0.29) is 13.1 Å². The molecular weight excluding hydrogens is 587 g/mol. The summed E-state index contributed by atoms with van der Waals surface area (Å²) in [5.74, 6) is 6.01. The number of likely N-dealkylation sites (tertiary alicyclic amines) is 1. The van der Waals surface area contributed by atoms with Gasteiger partial charge in [-0.25, -0.2) is 14.6 Å². The number of hydrogen-bond donors (Lipinski definition) is 3. The van der Waals surface area contributed by atoms with Gasteiger partial charge in [0.05, 0.1) is 12.6 Å². The summed E-state index contributed by atoms with van der Waals surface area (Å²) in [7, 11) is 0. The van der Waals surface area contributed by atoms with Gasteiger partial charge in [0.15, 0.2) is 0 Å². The van der Waals surface area contributed by atoms with Gasteiger partial charge in [-0.05, 0) is 100 Å². The molecule has 1 saturated heterocycles. The van der Waals surface area contributed by atoms with Crippen molar-refractivity contribution in [2.24, 2.45) is 5.92 Å². The predicted octanol–water partition coefficient (Wildman–Crippen LogP) is 6.97. The highest BCUT2D eigenvalue weighted by Gasteiger charge is 2.36. The maximum absolute atomic E-state index is 12.9. The van der Waals surface area contributed by atoms with Crippen LogP contribution in [-0.4, -0.2) is 72.7 Å². The molecule has 1 aromatic heterocycles. The number of aromatic nitrogens is 1. The van der Waals surface area contributed by atoms with E-state index in [2.05, 4.69) is 32.8 Å². The molecule has 3 amide bonds. The van der Waals surface area contributed by atoms with Crippen molar-refractivity contribution in [1.82, 2.24) is 15.2 Å². The first kappa shape index (κ1) is 35.5. The third-order valence-electron chi connectivity index (χ3n) is 6.77. The highest BCUT2D eigenvalue weighted by Crippen LogP contribution is 2.32. The minimum atomic E-state index is -4.25. The molecule has 0 bridgehead atoms. The van der Waals surface area contributed by atoms with Gasteiger partial charge in [0.25, 0.3) is 0 Å². The van der Waals surface area contributed by atoms with Crippen molar-refractivity contribution in [2.75, 3.05) is 43.5 Å². The fourth-order valence-electron chi connectivity index (χ4n) is 4.77. The normalized spacial score (nSPS) is 15.6. The van der Waals surface area contributed by atoms with E-state index in [1.807, 2.05) is 38.1 Å². The number of alkyl carbamates (subject to hydrolysis) is 1. The molecule has 0 saturated carbocycles. The van der Waals surface area contributed by atoms with Crippen LogP contribution in [0.4, 0.5) is 34.3 Å². The Kier molecular flexibility index (Phi) is 12.5. The second-order valence-corrected chi connectivity index (χ2v) is 12.2. The van der Waals surface area contributed by atoms with Gasteiger partial charge < -0.3 is 30.3 Å². The van der Waals surface area contributed by atoms with Gasteiger partial charge in [0.2, 0.25) is 0 Å². The zero-order valence-electron chi connectivity index (χ0n) is 26.9. The van der Waals surface area contributed by atoms with E-state index in [1.54, 1.807) is 33.8 Å². The molecule has 12 heteroatoms. The van der Waals surface area contributed by atoms with Crippen molar-refractivity contribution < 1.29 is 32.2 Å². The molecule has 246 valence electrons. The molecule has 3 N–H and O–H groups in total. The van der Waals surface area contributed by atoms with Crippen LogP contribution in [0.1, 0.15) is 65.1 Å². The Balaban J connectivity index is 1.82. The molecule has 0 aliphatic carbocycles. The van der Waals surface area contributed by atoms with E-state index in [0.717, 1.165) is 23.1 Å². The van der Waals surface area contributed by atoms with Crippen LogP contribution >= 0.6 is 0 Å². The highest BCUT2D eigenvalue weighted by atomic mass is 19.4. The average Bonchev–Trinajstić information content (AvgIpc) is 3.39. The van der Waals surface area contributed by atoms with E-state index in [1.165, 1.54) is 4.90 Å². The highest BCUT2D eigenvalue weighted by molar-refractivity contribution is 5.90. The van der Waals surface area contributed by atoms with Crippen molar-refractivity contribution in [3.63, 3.8) is 0 Å². The Morgan fingerprint density at radius 1 is 1.16 bits per heavy atom. The molecular formula is C33H44F3N5O4. The molecule has 0 spiro atoms. The van der Waals surface area contributed by atoms with Crippen molar-refractivity contribution in [1.29, 1.82) is 0 Å². The summed E-state index contributed by atoms with van der Waals surface area (Å²) in [5, 5.41) is 8.81. The number of halogens is 3. The first-order valence-electron chi connectivity index (χ1n) is 15.2. The SMILES string of the molecule is CCCOCCNc1cc(-c2cc(NC(=O)N3CC[C@@H](CC(F)(F)F)C3)ccc2C)cc(C#CC(C)NC(=O)OC(C)(C)C)n1. The first-order chi connectivity index (χ1) is 21.1. The third-order valence-corrected chi connectivity index (χ3v) is 6.77. The number of urea groups is 1. The average molecular weight is 632 g/mol. The number of nitrogens with one attached hydrogen (secondary N) is 3. The standard InChI is InChI=1S/C33H44F3N5O4/c1-7-15-44-16-13-37-29-18-25(17-26(39-29)11-9-23(3)38-31(43)45-32(4,5)6)28-19-27(10-8-22(28)2)40-30(42)41-14-12-24(21-41)20-33(34,35)36/h8,10,17-19,23-24H,7,12-16,20-21H2,1-6H3,(H,37,39)(H,38,43)(H,40,42)/t23?,24-/m0/s1. The largest absolute Gasteiger partial charge is 0.444 e. The number of hydrogen-bond acceptors (Lipinski definition) is 6. The number of anilines is 2.